The number of hydrogen-bond acceptors (Lipinski definition) is 5. The fourth-order valence-electron chi connectivity index (χ4n) is 2.25. The Morgan fingerprint density at radius 3 is 2.75 bits per heavy atom. The molecule has 24 heavy (non-hydrogen) atoms. The molecule has 0 spiro atoms. The lowest BCUT2D eigenvalue weighted by molar-refractivity contribution is 0.0956. The predicted molar refractivity (Wildman–Crippen MR) is 101 cm³/mol. The van der Waals surface area contributed by atoms with Crippen LogP contribution < -0.4 is 10.2 Å². The van der Waals surface area contributed by atoms with Crippen molar-refractivity contribution in [3.8, 4) is 11.4 Å². The third-order valence-corrected chi connectivity index (χ3v) is 4.47. The van der Waals surface area contributed by atoms with Crippen LogP contribution in [0.25, 0.3) is 11.4 Å². The van der Waals surface area contributed by atoms with Gasteiger partial charge in [0.1, 0.15) is 0 Å². The zero-order chi connectivity index (χ0) is 17.7. The molecule has 0 aliphatic heterocycles. The second kappa shape index (κ2) is 8.19. The molecule has 1 N–H and O–H groups in total. The van der Waals surface area contributed by atoms with E-state index in [1.54, 1.807) is 4.68 Å². The van der Waals surface area contributed by atoms with E-state index in [0.29, 0.717) is 23.2 Å². The summed E-state index contributed by atoms with van der Waals surface area (Å²) in [7, 11) is 5.70. The molecule has 1 amide bonds. The number of benzene rings is 1. The van der Waals surface area contributed by atoms with Gasteiger partial charge < -0.3 is 10.2 Å². The van der Waals surface area contributed by atoms with Crippen molar-refractivity contribution in [2.75, 3.05) is 31.3 Å². The lowest BCUT2D eigenvalue weighted by Crippen LogP contribution is -2.26. The van der Waals surface area contributed by atoms with Crippen molar-refractivity contribution in [3.63, 3.8) is 0 Å². The molecule has 0 fully saturated rings. The smallest absolute Gasteiger partial charge is 0.251 e. The van der Waals surface area contributed by atoms with Crippen molar-refractivity contribution in [1.82, 2.24) is 20.1 Å². The predicted octanol–water partition coefficient (Wildman–Crippen LogP) is 2.42. The van der Waals surface area contributed by atoms with Crippen molar-refractivity contribution >= 4 is 23.6 Å². The normalized spacial score (nSPS) is 10.9. The quantitative estimate of drug-likeness (QED) is 0.780. The number of carbonyl (C=O) groups is 1. The Hall–Kier alpha value is -2.02. The fraction of sp³-hybridized carbons (Fsp3) is 0.471. The number of hydrogen-bond donors (Lipinski definition) is 1. The summed E-state index contributed by atoms with van der Waals surface area (Å²) < 4.78 is 1.73. The first-order valence-corrected chi connectivity index (χ1v) is 9.02. The van der Waals surface area contributed by atoms with Gasteiger partial charge >= 0.3 is 0 Å². The lowest BCUT2D eigenvalue weighted by atomic mass is 10.1. The minimum atomic E-state index is -0.0648. The van der Waals surface area contributed by atoms with Crippen molar-refractivity contribution in [3.05, 3.63) is 29.8 Å². The number of anilines is 1. The molecule has 1 heterocycles. The van der Waals surface area contributed by atoms with Gasteiger partial charge in [-0.2, -0.15) is 16.7 Å². The first-order valence-electron chi connectivity index (χ1n) is 7.97. The summed E-state index contributed by atoms with van der Waals surface area (Å²) in [6, 6.07) is 7.42. The van der Waals surface area contributed by atoms with Crippen molar-refractivity contribution in [1.29, 1.82) is 0 Å². The monoisotopic (exact) mass is 347 g/mol. The third kappa shape index (κ3) is 4.74. The number of nitrogens with one attached hydrogen (secondary N) is 1. The van der Waals surface area contributed by atoms with Gasteiger partial charge in [-0.3, -0.25) is 4.79 Å². The van der Waals surface area contributed by atoms with E-state index in [-0.39, 0.29) is 5.91 Å². The van der Waals surface area contributed by atoms with Gasteiger partial charge in [0.05, 0.1) is 0 Å². The van der Waals surface area contributed by atoms with Crippen LogP contribution in [-0.4, -0.2) is 52.3 Å². The molecule has 0 unspecified atom stereocenters. The second-order valence-corrected chi connectivity index (χ2v) is 7.69. The lowest BCUT2D eigenvalue weighted by Gasteiger charge is -2.08. The van der Waals surface area contributed by atoms with Crippen LogP contribution in [-0.2, 0) is 7.05 Å². The number of nitrogens with zero attached hydrogens (tertiary/aromatic N) is 4. The van der Waals surface area contributed by atoms with Crippen LogP contribution in [0.4, 0.5) is 5.95 Å². The molecule has 0 saturated carbocycles. The van der Waals surface area contributed by atoms with Gasteiger partial charge in [-0.1, -0.05) is 26.0 Å². The minimum Gasteiger partial charge on any atom is -0.351 e. The number of aryl methyl sites for hydroxylation is 1. The molecule has 0 saturated heterocycles. The Labute approximate surface area is 147 Å². The standard InChI is InChI=1S/C17H25N5OS/c1-12(2)24-10-9-18-16(23)14-8-6-7-13(11-14)15-19-17(21(3)4)22(5)20-15/h6-8,11-12H,9-10H2,1-5H3,(H,18,23). The highest BCUT2D eigenvalue weighted by Gasteiger charge is 2.13. The van der Waals surface area contributed by atoms with Gasteiger partial charge in [0.2, 0.25) is 5.95 Å². The molecule has 2 aromatic rings. The van der Waals surface area contributed by atoms with E-state index in [0.717, 1.165) is 17.3 Å². The highest BCUT2D eigenvalue weighted by molar-refractivity contribution is 7.99. The first kappa shape index (κ1) is 18.3. The van der Waals surface area contributed by atoms with E-state index in [1.807, 2.05) is 62.1 Å². The summed E-state index contributed by atoms with van der Waals surface area (Å²) in [6.07, 6.45) is 0. The summed E-state index contributed by atoms with van der Waals surface area (Å²) in [6.45, 7) is 4.97. The Balaban J connectivity index is 2.08. The highest BCUT2D eigenvalue weighted by Crippen LogP contribution is 2.19. The topological polar surface area (TPSA) is 63.1 Å². The van der Waals surface area contributed by atoms with E-state index in [4.69, 9.17) is 0 Å². The molecular formula is C17H25N5OS. The van der Waals surface area contributed by atoms with Crippen LogP contribution in [0.15, 0.2) is 24.3 Å². The molecule has 0 aliphatic rings. The number of thioether (sulfide) groups is 1. The Bertz CT molecular complexity index is 696. The summed E-state index contributed by atoms with van der Waals surface area (Å²) in [5, 5.41) is 7.96. The maximum Gasteiger partial charge on any atom is 0.251 e. The largest absolute Gasteiger partial charge is 0.351 e. The molecule has 0 radical (unpaired) electrons. The van der Waals surface area contributed by atoms with Gasteiger partial charge in [0.15, 0.2) is 5.82 Å². The van der Waals surface area contributed by atoms with Crippen molar-refractivity contribution < 1.29 is 4.79 Å². The van der Waals surface area contributed by atoms with Crippen LogP contribution in [0.3, 0.4) is 0 Å². The molecule has 1 aromatic carbocycles. The molecule has 0 bridgehead atoms. The average Bonchev–Trinajstić information content (AvgIpc) is 2.93. The SMILES string of the molecule is CC(C)SCCNC(=O)c1cccc(-c2nc(N(C)C)n(C)n2)c1. The van der Waals surface area contributed by atoms with Gasteiger partial charge in [-0.15, -0.1) is 5.10 Å². The van der Waals surface area contributed by atoms with E-state index < -0.39 is 0 Å². The maximum absolute atomic E-state index is 12.3. The second-order valence-electron chi connectivity index (χ2n) is 6.01. The van der Waals surface area contributed by atoms with Crippen molar-refractivity contribution in [2.45, 2.75) is 19.1 Å². The van der Waals surface area contributed by atoms with E-state index in [9.17, 15) is 4.79 Å². The third-order valence-electron chi connectivity index (χ3n) is 3.36. The van der Waals surface area contributed by atoms with Crippen LogP contribution in [0.1, 0.15) is 24.2 Å². The minimum absolute atomic E-state index is 0.0648. The van der Waals surface area contributed by atoms with Crippen LogP contribution in [0.2, 0.25) is 0 Å². The Morgan fingerprint density at radius 1 is 1.38 bits per heavy atom. The summed E-state index contributed by atoms with van der Waals surface area (Å²) in [5.74, 6) is 2.23. The number of carbonyl (C=O) groups excluding carboxylic acids is 1. The maximum atomic E-state index is 12.3. The number of amides is 1. The number of aromatic nitrogens is 3. The molecule has 6 nitrogen and oxygen atoms in total. The molecular weight excluding hydrogens is 322 g/mol. The number of rotatable bonds is 7. The molecule has 2 rings (SSSR count). The van der Waals surface area contributed by atoms with Crippen molar-refractivity contribution in [2.24, 2.45) is 7.05 Å². The summed E-state index contributed by atoms with van der Waals surface area (Å²) in [4.78, 5) is 18.7. The molecule has 130 valence electrons. The summed E-state index contributed by atoms with van der Waals surface area (Å²) in [5.41, 5.74) is 1.46. The zero-order valence-corrected chi connectivity index (χ0v) is 15.7. The zero-order valence-electron chi connectivity index (χ0n) is 14.9. The summed E-state index contributed by atoms with van der Waals surface area (Å²) >= 11 is 1.83. The molecule has 0 aliphatic carbocycles. The van der Waals surface area contributed by atoms with Gasteiger partial charge in [0.25, 0.3) is 5.91 Å². The van der Waals surface area contributed by atoms with Gasteiger partial charge in [-0.25, -0.2) is 4.68 Å². The van der Waals surface area contributed by atoms with Gasteiger partial charge in [-0.05, 0) is 17.4 Å². The van der Waals surface area contributed by atoms with Crippen LogP contribution in [0.5, 0.6) is 0 Å². The Morgan fingerprint density at radius 2 is 2.12 bits per heavy atom. The average molecular weight is 347 g/mol. The van der Waals surface area contributed by atoms with E-state index >= 15 is 0 Å². The Kier molecular flexibility index (Phi) is 6.25. The fourth-order valence-corrected chi connectivity index (χ4v) is 2.94. The van der Waals surface area contributed by atoms with Crippen LogP contribution in [0, 0.1) is 0 Å². The van der Waals surface area contributed by atoms with E-state index in [1.165, 1.54) is 0 Å². The first-order chi connectivity index (χ1) is 11.4. The van der Waals surface area contributed by atoms with Gasteiger partial charge in [0, 0.05) is 44.6 Å². The van der Waals surface area contributed by atoms with E-state index in [2.05, 4.69) is 29.2 Å². The van der Waals surface area contributed by atoms with Crippen LogP contribution >= 0.6 is 11.8 Å². The molecule has 0 atom stereocenters. The molecule has 1 aromatic heterocycles. The highest BCUT2D eigenvalue weighted by atomic mass is 32.2. The molecule has 7 heteroatoms.